The molecule has 0 aromatic heterocycles. The molecule has 7 heteroatoms. The Labute approximate surface area is 141 Å². The number of hydrogen-bond acceptors (Lipinski definition) is 4. The fourth-order valence-electron chi connectivity index (χ4n) is 2.08. The van der Waals surface area contributed by atoms with Crippen molar-refractivity contribution in [1.29, 1.82) is 0 Å². The molecule has 0 aliphatic heterocycles. The number of aliphatic hydroxyl groups is 1. The molecule has 23 heavy (non-hydrogen) atoms. The Morgan fingerprint density at radius 3 is 2.43 bits per heavy atom. The second-order valence-corrected chi connectivity index (χ2v) is 7.51. The quantitative estimate of drug-likeness (QED) is 0.865. The summed E-state index contributed by atoms with van der Waals surface area (Å²) in [5, 5.41) is 10.6. The first kappa shape index (κ1) is 17.7. The highest BCUT2D eigenvalue weighted by atomic mass is 35.5. The highest BCUT2D eigenvalue weighted by Crippen LogP contribution is 2.22. The number of methoxy groups -OCH3 is 1. The van der Waals surface area contributed by atoms with E-state index < -0.39 is 16.1 Å². The van der Waals surface area contributed by atoms with Gasteiger partial charge in [0, 0.05) is 18.6 Å². The van der Waals surface area contributed by atoms with E-state index in [-0.39, 0.29) is 11.4 Å². The van der Waals surface area contributed by atoms with Crippen LogP contribution in [0.5, 0.6) is 5.75 Å². The monoisotopic (exact) mass is 355 g/mol. The maximum atomic E-state index is 12.5. The minimum absolute atomic E-state index is 0.0683. The van der Waals surface area contributed by atoms with E-state index in [4.69, 9.17) is 16.3 Å². The molecular weight excluding hydrogens is 338 g/mol. The van der Waals surface area contributed by atoms with Crippen LogP contribution in [0.2, 0.25) is 5.02 Å². The standard InChI is InChI=1S/C16H18ClNO4S/c1-18(23(20,21)15-5-3-4-13(17)10-15)11-16(19)12-6-8-14(22-2)9-7-12/h3-10,16,19H,11H2,1-2H3. The fourth-order valence-corrected chi connectivity index (χ4v) is 3.56. The maximum Gasteiger partial charge on any atom is 0.242 e. The molecule has 0 amide bonds. The Hall–Kier alpha value is -1.60. The number of sulfonamides is 1. The van der Waals surface area contributed by atoms with Crippen molar-refractivity contribution < 1.29 is 18.3 Å². The lowest BCUT2D eigenvalue weighted by molar-refractivity contribution is 0.155. The van der Waals surface area contributed by atoms with E-state index in [1.165, 1.54) is 19.2 Å². The van der Waals surface area contributed by atoms with Crippen molar-refractivity contribution in [2.75, 3.05) is 20.7 Å². The zero-order chi connectivity index (χ0) is 17.0. The van der Waals surface area contributed by atoms with Crippen molar-refractivity contribution >= 4 is 21.6 Å². The average molecular weight is 356 g/mol. The smallest absolute Gasteiger partial charge is 0.242 e. The van der Waals surface area contributed by atoms with Crippen LogP contribution in [0.15, 0.2) is 53.4 Å². The van der Waals surface area contributed by atoms with Gasteiger partial charge in [-0.2, -0.15) is 4.31 Å². The number of rotatable bonds is 6. The van der Waals surface area contributed by atoms with Gasteiger partial charge in [0.2, 0.25) is 10.0 Å². The minimum atomic E-state index is -3.71. The second kappa shape index (κ2) is 7.31. The molecule has 1 N–H and O–H groups in total. The Bertz CT molecular complexity index is 762. The first-order valence-corrected chi connectivity index (χ1v) is 8.70. The van der Waals surface area contributed by atoms with Gasteiger partial charge in [-0.15, -0.1) is 0 Å². The summed E-state index contributed by atoms with van der Waals surface area (Å²) in [7, 11) is -0.741. The van der Waals surface area contributed by atoms with Crippen molar-refractivity contribution in [2.45, 2.75) is 11.0 Å². The molecule has 1 atom stereocenters. The number of likely N-dealkylation sites (N-methyl/N-ethyl adjacent to an activating group) is 1. The van der Waals surface area contributed by atoms with E-state index >= 15 is 0 Å². The van der Waals surface area contributed by atoms with Gasteiger partial charge in [-0.05, 0) is 35.9 Å². The van der Waals surface area contributed by atoms with Crippen LogP contribution in [0, 0.1) is 0 Å². The molecule has 0 radical (unpaired) electrons. The van der Waals surface area contributed by atoms with E-state index in [9.17, 15) is 13.5 Å². The molecule has 5 nitrogen and oxygen atoms in total. The molecule has 2 rings (SSSR count). The molecule has 124 valence electrons. The van der Waals surface area contributed by atoms with Gasteiger partial charge in [-0.3, -0.25) is 0 Å². The van der Waals surface area contributed by atoms with Gasteiger partial charge in [-0.25, -0.2) is 8.42 Å². The molecule has 2 aromatic carbocycles. The number of halogens is 1. The Morgan fingerprint density at radius 1 is 1.22 bits per heavy atom. The molecule has 0 saturated heterocycles. The van der Waals surface area contributed by atoms with E-state index in [0.717, 1.165) is 4.31 Å². The molecule has 0 saturated carbocycles. The molecule has 1 unspecified atom stereocenters. The van der Waals surface area contributed by atoms with Gasteiger partial charge in [0.1, 0.15) is 5.75 Å². The summed E-state index contributed by atoms with van der Waals surface area (Å²) >= 11 is 5.84. The van der Waals surface area contributed by atoms with E-state index in [1.807, 2.05) is 0 Å². The van der Waals surface area contributed by atoms with Crippen LogP contribution in [0.3, 0.4) is 0 Å². The number of aliphatic hydroxyl groups excluding tert-OH is 1. The third-order valence-corrected chi connectivity index (χ3v) is 5.49. The van der Waals surface area contributed by atoms with E-state index in [0.29, 0.717) is 16.3 Å². The van der Waals surface area contributed by atoms with Crippen molar-refractivity contribution in [3.8, 4) is 5.75 Å². The van der Waals surface area contributed by atoms with Gasteiger partial charge in [0.15, 0.2) is 0 Å². The molecule has 0 aliphatic carbocycles. The Kier molecular flexibility index (Phi) is 5.64. The summed E-state index contributed by atoms with van der Waals surface area (Å²) in [5.41, 5.74) is 0.610. The molecule has 0 aliphatic rings. The van der Waals surface area contributed by atoms with Gasteiger partial charge >= 0.3 is 0 Å². The third-order valence-electron chi connectivity index (χ3n) is 3.43. The second-order valence-electron chi connectivity index (χ2n) is 5.03. The van der Waals surface area contributed by atoms with Crippen LogP contribution < -0.4 is 4.74 Å². The Balaban J connectivity index is 2.14. The van der Waals surface area contributed by atoms with Crippen molar-refractivity contribution in [3.05, 3.63) is 59.1 Å². The number of hydrogen-bond donors (Lipinski definition) is 1. The van der Waals surface area contributed by atoms with Gasteiger partial charge < -0.3 is 9.84 Å². The lowest BCUT2D eigenvalue weighted by atomic mass is 10.1. The summed E-state index contributed by atoms with van der Waals surface area (Å²) in [4.78, 5) is 0.0921. The van der Waals surface area contributed by atoms with Crippen LogP contribution in [0.25, 0.3) is 0 Å². The van der Waals surface area contributed by atoms with Gasteiger partial charge in [-0.1, -0.05) is 29.8 Å². The molecular formula is C16H18ClNO4S. The number of nitrogens with zero attached hydrogens (tertiary/aromatic N) is 1. The van der Waals surface area contributed by atoms with Crippen LogP contribution in [-0.2, 0) is 10.0 Å². The molecule has 0 bridgehead atoms. The maximum absolute atomic E-state index is 12.5. The van der Waals surface area contributed by atoms with Crippen LogP contribution in [-0.4, -0.2) is 38.5 Å². The molecule has 0 fully saturated rings. The fraction of sp³-hybridized carbons (Fsp3) is 0.250. The summed E-state index contributed by atoms with van der Waals surface area (Å²) < 4.78 is 31.1. The lowest BCUT2D eigenvalue weighted by Gasteiger charge is -2.21. The average Bonchev–Trinajstić information content (AvgIpc) is 2.54. The lowest BCUT2D eigenvalue weighted by Crippen LogP contribution is -2.31. The predicted octanol–water partition coefficient (Wildman–Crippen LogP) is 2.70. The summed E-state index contributed by atoms with van der Waals surface area (Å²) in [6.45, 7) is -0.0683. The van der Waals surface area contributed by atoms with Crippen molar-refractivity contribution in [3.63, 3.8) is 0 Å². The SMILES string of the molecule is COc1ccc(C(O)CN(C)S(=O)(=O)c2cccc(Cl)c2)cc1. The molecule has 0 spiro atoms. The first-order valence-electron chi connectivity index (χ1n) is 6.88. The summed E-state index contributed by atoms with van der Waals surface area (Å²) in [5.74, 6) is 0.667. The zero-order valence-electron chi connectivity index (χ0n) is 12.8. The Morgan fingerprint density at radius 2 is 1.87 bits per heavy atom. The van der Waals surface area contributed by atoms with Crippen LogP contribution in [0.4, 0.5) is 0 Å². The zero-order valence-corrected chi connectivity index (χ0v) is 14.4. The highest BCUT2D eigenvalue weighted by Gasteiger charge is 2.23. The van der Waals surface area contributed by atoms with Crippen LogP contribution >= 0.6 is 11.6 Å². The van der Waals surface area contributed by atoms with Crippen molar-refractivity contribution in [2.24, 2.45) is 0 Å². The molecule has 2 aromatic rings. The normalized spacial score (nSPS) is 13.1. The minimum Gasteiger partial charge on any atom is -0.497 e. The summed E-state index contributed by atoms with van der Waals surface area (Å²) in [6, 6.07) is 12.8. The van der Waals surface area contributed by atoms with Gasteiger partial charge in [0.25, 0.3) is 0 Å². The topological polar surface area (TPSA) is 66.8 Å². The van der Waals surface area contributed by atoms with E-state index in [2.05, 4.69) is 0 Å². The summed E-state index contributed by atoms with van der Waals surface area (Å²) in [6.07, 6.45) is -0.945. The first-order chi connectivity index (χ1) is 10.8. The van der Waals surface area contributed by atoms with Crippen LogP contribution in [0.1, 0.15) is 11.7 Å². The highest BCUT2D eigenvalue weighted by molar-refractivity contribution is 7.89. The van der Waals surface area contributed by atoms with Crippen molar-refractivity contribution in [1.82, 2.24) is 4.31 Å². The third kappa shape index (κ3) is 4.23. The van der Waals surface area contributed by atoms with E-state index in [1.54, 1.807) is 43.5 Å². The number of benzene rings is 2. The molecule has 0 heterocycles. The predicted molar refractivity (Wildman–Crippen MR) is 89.2 cm³/mol. The largest absolute Gasteiger partial charge is 0.497 e. The van der Waals surface area contributed by atoms with Gasteiger partial charge in [0.05, 0.1) is 18.1 Å². The number of ether oxygens (including phenoxy) is 1.